The van der Waals surface area contributed by atoms with Crippen LogP contribution in [0.25, 0.3) is 0 Å². The van der Waals surface area contributed by atoms with E-state index in [2.05, 4.69) is 0 Å². The maximum atomic E-state index is 13.7. The molecular weight excluding hydrogens is 193 g/mol. The van der Waals surface area contributed by atoms with Gasteiger partial charge < -0.3 is 10.5 Å². The molecule has 15 heavy (non-hydrogen) atoms. The fourth-order valence-electron chi connectivity index (χ4n) is 2.10. The van der Waals surface area contributed by atoms with E-state index in [-0.39, 0.29) is 11.7 Å². The maximum Gasteiger partial charge on any atom is 0.130 e. The zero-order chi connectivity index (χ0) is 10.8. The molecule has 0 spiro atoms. The molecule has 2 nitrogen and oxygen atoms in total. The minimum absolute atomic E-state index is 0.128. The van der Waals surface area contributed by atoms with Crippen LogP contribution in [0.4, 0.5) is 4.39 Å². The van der Waals surface area contributed by atoms with E-state index in [1.165, 1.54) is 6.07 Å². The van der Waals surface area contributed by atoms with Gasteiger partial charge >= 0.3 is 0 Å². The summed E-state index contributed by atoms with van der Waals surface area (Å²) in [7, 11) is 0. The minimum Gasteiger partial charge on any atom is -0.493 e. The van der Waals surface area contributed by atoms with Gasteiger partial charge in [0.2, 0.25) is 0 Å². The topological polar surface area (TPSA) is 35.2 Å². The third kappa shape index (κ3) is 1.84. The summed E-state index contributed by atoms with van der Waals surface area (Å²) in [6.45, 7) is 3.23. The Labute approximate surface area is 89.2 Å². The minimum atomic E-state index is -0.170. The molecule has 0 saturated carbocycles. The number of benzene rings is 1. The largest absolute Gasteiger partial charge is 0.493 e. The average molecular weight is 209 g/mol. The fraction of sp³-hybridized carbons (Fsp3) is 0.500. The van der Waals surface area contributed by atoms with Gasteiger partial charge in [-0.2, -0.15) is 0 Å². The molecule has 1 unspecified atom stereocenters. The van der Waals surface area contributed by atoms with E-state index in [1.807, 2.05) is 13.0 Å². The second-order valence-electron chi connectivity index (χ2n) is 4.03. The normalized spacial score (nSPS) is 15.9. The monoisotopic (exact) mass is 209 g/mol. The zero-order valence-corrected chi connectivity index (χ0v) is 8.92. The van der Waals surface area contributed by atoms with Crippen LogP contribution < -0.4 is 10.5 Å². The molecule has 1 aliphatic rings. The van der Waals surface area contributed by atoms with Crippen LogP contribution >= 0.6 is 0 Å². The highest BCUT2D eigenvalue weighted by atomic mass is 19.1. The Morgan fingerprint density at radius 2 is 2.33 bits per heavy atom. The second kappa shape index (κ2) is 4.19. The van der Waals surface area contributed by atoms with Gasteiger partial charge in [0, 0.05) is 12.0 Å². The summed E-state index contributed by atoms with van der Waals surface area (Å²) >= 11 is 0. The SMILES string of the molecule is CC(CCN)c1c(F)ccc2c1OCC2. The smallest absolute Gasteiger partial charge is 0.130 e. The first-order valence-electron chi connectivity index (χ1n) is 5.38. The van der Waals surface area contributed by atoms with Gasteiger partial charge in [0.1, 0.15) is 11.6 Å². The summed E-state index contributed by atoms with van der Waals surface area (Å²) < 4.78 is 19.2. The molecule has 2 rings (SSSR count). The number of nitrogens with two attached hydrogens (primary N) is 1. The van der Waals surface area contributed by atoms with Crippen molar-refractivity contribution in [2.24, 2.45) is 5.73 Å². The first-order valence-corrected chi connectivity index (χ1v) is 5.38. The highest BCUT2D eigenvalue weighted by Crippen LogP contribution is 2.37. The Balaban J connectivity index is 2.40. The van der Waals surface area contributed by atoms with Gasteiger partial charge in [-0.15, -0.1) is 0 Å². The molecular formula is C12H16FNO. The van der Waals surface area contributed by atoms with Crippen LogP contribution in [0.2, 0.25) is 0 Å². The van der Waals surface area contributed by atoms with Crippen molar-refractivity contribution < 1.29 is 9.13 Å². The Bertz CT molecular complexity index is 365. The van der Waals surface area contributed by atoms with Crippen molar-refractivity contribution >= 4 is 0 Å². The predicted octanol–water partition coefficient (Wildman–Crippen LogP) is 2.21. The number of halogens is 1. The molecule has 0 amide bonds. The second-order valence-corrected chi connectivity index (χ2v) is 4.03. The van der Waals surface area contributed by atoms with Crippen LogP contribution in [0.15, 0.2) is 12.1 Å². The van der Waals surface area contributed by atoms with E-state index < -0.39 is 0 Å². The van der Waals surface area contributed by atoms with Gasteiger partial charge in [0.25, 0.3) is 0 Å². The van der Waals surface area contributed by atoms with Crippen LogP contribution in [0.3, 0.4) is 0 Å². The number of fused-ring (bicyclic) bond motifs is 1. The van der Waals surface area contributed by atoms with Gasteiger partial charge in [-0.05, 0) is 30.5 Å². The van der Waals surface area contributed by atoms with Crippen LogP contribution in [0.5, 0.6) is 5.75 Å². The lowest BCUT2D eigenvalue weighted by atomic mass is 9.94. The molecule has 0 radical (unpaired) electrons. The molecule has 1 aliphatic heterocycles. The molecule has 2 N–H and O–H groups in total. The van der Waals surface area contributed by atoms with Crippen LogP contribution in [0, 0.1) is 5.82 Å². The van der Waals surface area contributed by atoms with Crippen molar-refractivity contribution in [3.8, 4) is 5.75 Å². The van der Waals surface area contributed by atoms with Gasteiger partial charge in [-0.3, -0.25) is 0 Å². The van der Waals surface area contributed by atoms with Crippen molar-refractivity contribution in [3.05, 3.63) is 29.1 Å². The van der Waals surface area contributed by atoms with E-state index in [0.717, 1.165) is 24.2 Å². The first-order chi connectivity index (χ1) is 7.24. The van der Waals surface area contributed by atoms with Crippen LogP contribution in [-0.2, 0) is 6.42 Å². The van der Waals surface area contributed by atoms with Crippen molar-refractivity contribution in [1.29, 1.82) is 0 Å². The summed E-state index contributed by atoms with van der Waals surface area (Å²) in [6, 6.07) is 3.35. The molecule has 1 heterocycles. The predicted molar refractivity (Wildman–Crippen MR) is 57.7 cm³/mol. The van der Waals surface area contributed by atoms with E-state index in [0.29, 0.717) is 18.7 Å². The lowest BCUT2D eigenvalue weighted by Crippen LogP contribution is -2.07. The quantitative estimate of drug-likeness (QED) is 0.828. The fourth-order valence-corrected chi connectivity index (χ4v) is 2.10. The third-order valence-electron chi connectivity index (χ3n) is 2.93. The lowest BCUT2D eigenvalue weighted by Gasteiger charge is -2.15. The Morgan fingerprint density at radius 3 is 3.07 bits per heavy atom. The number of ether oxygens (including phenoxy) is 1. The summed E-state index contributed by atoms with van der Waals surface area (Å²) in [5, 5.41) is 0. The molecule has 0 bridgehead atoms. The third-order valence-corrected chi connectivity index (χ3v) is 2.93. The van der Waals surface area contributed by atoms with Crippen molar-refractivity contribution in [3.63, 3.8) is 0 Å². The Hall–Kier alpha value is -1.09. The van der Waals surface area contributed by atoms with Crippen LogP contribution in [0.1, 0.15) is 30.4 Å². The standard InChI is InChI=1S/C12H16FNO/c1-8(4-6-14)11-10(13)3-2-9-5-7-15-12(9)11/h2-3,8H,4-7,14H2,1H3. The number of hydrogen-bond acceptors (Lipinski definition) is 2. The molecule has 82 valence electrons. The highest BCUT2D eigenvalue weighted by Gasteiger charge is 2.23. The zero-order valence-electron chi connectivity index (χ0n) is 8.92. The van der Waals surface area contributed by atoms with Crippen molar-refractivity contribution in [2.45, 2.75) is 25.7 Å². The molecule has 1 aromatic rings. The lowest BCUT2D eigenvalue weighted by molar-refractivity contribution is 0.348. The summed E-state index contributed by atoms with van der Waals surface area (Å²) in [5.74, 6) is 0.718. The molecule has 3 heteroatoms. The summed E-state index contributed by atoms with van der Waals surface area (Å²) in [6.07, 6.45) is 1.68. The van der Waals surface area contributed by atoms with Gasteiger partial charge in [0.05, 0.1) is 6.61 Å². The van der Waals surface area contributed by atoms with Gasteiger partial charge in [0.15, 0.2) is 0 Å². The van der Waals surface area contributed by atoms with E-state index in [4.69, 9.17) is 10.5 Å². The van der Waals surface area contributed by atoms with E-state index in [1.54, 1.807) is 0 Å². The van der Waals surface area contributed by atoms with E-state index in [9.17, 15) is 4.39 Å². The highest BCUT2D eigenvalue weighted by molar-refractivity contribution is 5.46. The molecule has 0 saturated heterocycles. The molecule has 0 fully saturated rings. The summed E-state index contributed by atoms with van der Waals surface area (Å²) in [5.41, 5.74) is 7.32. The molecule has 1 atom stereocenters. The van der Waals surface area contributed by atoms with Gasteiger partial charge in [-0.1, -0.05) is 13.0 Å². The average Bonchev–Trinajstić information content (AvgIpc) is 2.65. The van der Waals surface area contributed by atoms with Crippen molar-refractivity contribution in [1.82, 2.24) is 0 Å². The summed E-state index contributed by atoms with van der Waals surface area (Å²) in [4.78, 5) is 0. The number of rotatable bonds is 3. The van der Waals surface area contributed by atoms with Crippen LogP contribution in [-0.4, -0.2) is 13.2 Å². The molecule has 0 aromatic heterocycles. The van der Waals surface area contributed by atoms with E-state index >= 15 is 0 Å². The Morgan fingerprint density at radius 1 is 1.53 bits per heavy atom. The Kier molecular flexibility index (Phi) is 2.91. The first kappa shape index (κ1) is 10.4. The maximum absolute atomic E-state index is 13.7. The molecule has 1 aromatic carbocycles. The molecule has 0 aliphatic carbocycles. The number of hydrogen-bond donors (Lipinski definition) is 1. The van der Waals surface area contributed by atoms with Gasteiger partial charge in [-0.25, -0.2) is 4.39 Å². The van der Waals surface area contributed by atoms with Crippen molar-refractivity contribution in [2.75, 3.05) is 13.2 Å².